The van der Waals surface area contributed by atoms with Crippen LogP contribution < -0.4 is 0 Å². The SMILES string of the molecule is CC.CCc1cc(C(=O)N(C)C)n(C)n1. The Labute approximate surface area is 91.9 Å². The average molecular weight is 211 g/mol. The summed E-state index contributed by atoms with van der Waals surface area (Å²) in [5.41, 5.74) is 1.59. The standard InChI is InChI=1S/C9H15N3O.C2H6/c1-5-7-6-8(12(4)10-7)9(13)11(2)3;1-2/h6H,5H2,1-4H3;1-2H3. The molecule has 0 aliphatic carbocycles. The van der Waals surface area contributed by atoms with Crippen molar-refractivity contribution in [3.8, 4) is 0 Å². The maximum atomic E-state index is 11.6. The van der Waals surface area contributed by atoms with E-state index in [1.165, 1.54) is 0 Å². The molecule has 0 atom stereocenters. The number of aryl methyl sites for hydroxylation is 2. The second-order valence-corrected chi connectivity index (χ2v) is 3.20. The number of nitrogens with zero attached hydrogens (tertiary/aromatic N) is 3. The third kappa shape index (κ3) is 3.38. The van der Waals surface area contributed by atoms with Crippen LogP contribution in [0.3, 0.4) is 0 Å². The number of hydrogen-bond donors (Lipinski definition) is 0. The summed E-state index contributed by atoms with van der Waals surface area (Å²) in [6.07, 6.45) is 0.856. The molecule has 0 fully saturated rings. The van der Waals surface area contributed by atoms with Crippen molar-refractivity contribution in [3.05, 3.63) is 17.5 Å². The van der Waals surface area contributed by atoms with E-state index in [2.05, 4.69) is 5.10 Å². The van der Waals surface area contributed by atoms with Gasteiger partial charge in [-0.05, 0) is 12.5 Å². The first kappa shape index (κ1) is 13.7. The number of carbonyl (C=O) groups excluding carboxylic acids is 1. The first-order valence-electron chi connectivity index (χ1n) is 5.30. The Morgan fingerprint density at radius 1 is 1.47 bits per heavy atom. The quantitative estimate of drug-likeness (QED) is 0.747. The van der Waals surface area contributed by atoms with Crippen LogP contribution in [-0.2, 0) is 13.5 Å². The lowest BCUT2D eigenvalue weighted by Gasteiger charge is -2.09. The molecule has 0 bridgehead atoms. The van der Waals surface area contributed by atoms with Crippen LogP contribution in [-0.4, -0.2) is 34.7 Å². The van der Waals surface area contributed by atoms with Crippen molar-refractivity contribution in [2.24, 2.45) is 7.05 Å². The van der Waals surface area contributed by atoms with Gasteiger partial charge in [-0.3, -0.25) is 9.48 Å². The summed E-state index contributed by atoms with van der Waals surface area (Å²) >= 11 is 0. The highest BCUT2D eigenvalue weighted by Gasteiger charge is 2.13. The summed E-state index contributed by atoms with van der Waals surface area (Å²) in [6, 6.07) is 1.84. The Hall–Kier alpha value is -1.32. The minimum absolute atomic E-state index is 0.00491. The topological polar surface area (TPSA) is 38.1 Å². The molecule has 0 aliphatic rings. The van der Waals surface area contributed by atoms with Gasteiger partial charge in [-0.1, -0.05) is 20.8 Å². The largest absolute Gasteiger partial charge is 0.343 e. The van der Waals surface area contributed by atoms with E-state index in [9.17, 15) is 4.79 Å². The fourth-order valence-electron chi connectivity index (χ4n) is 1.13. The van der Waals surface area contributed by atoms with Crippen molar-refractivity contribution < 1.29 is 4.79 Å². The predicted octanol–water partition coefficient (Wildman–Crippen LogP) is 1.71. The van der Waals surface area contributed by atoms with E-state index in [1.54, 1.807) is 30.7 Å². The molecule has 0 unspecified atom stereocenters. The van der Waals surface area contributed by atoms with Crippen LogP contribution in [0.15, 0.2) is 6.07 Å². The number of carbonyl (C=O) groups is 1. The highest BCUT2D eigenvalue weighted by Crippen LogP contribution is 2.05. The minimum atomic E-state index is -0.00491. The molecule has 0 spiro atoms. The van der Waals surface area contributed by atoms with E-state index in [-0.39, 0.29) is 5.91 Å². The van der Waals surface area contributed by atoms with Crippen LogP contribution in [0.25, 0.3) is 0 Å². The number of hydrogen-bond acceptors (Lipinski definition) is 2. The second kappa shape index (κ2) is 6.22. The van der Waals surface area contributed by atoms with Gasteiger partial charge in [0.1, 0.15) is 5.69 Å². The molecule has 4 heteroatoms. The van der Waals surface area contributed by atoms with Gasteiger partial charge in [0.05, 0.1) is 5.69 Å². The smallest absolute Gasteiger partial charge is 0.271 e. The zero-order valence-corrected chi connectivity index (χ0v) is 10.5. The van der Waals surface area contributed by atoms with E-state index < -0.39 is 0 Å². The van der Waals surface area contributed by atoms with E-state index in [4.69, 9.17) is 0 Å². The van der Waals surface area contributed by atoms with Crippen molar-refractivity contribution in [2.45, 2.75) is 27.2 Å². The molecule has 1 amide bonds. The van der Waals surface area contributed by atoms with Crippen molar-refractivity contribution in [1.29, 1.82) is 0 Å². The van der Waals surface area contributed by atoms with Crippen molar-refractivity contribution >= 4 is 5.91 Å². The third-order valence-corrected chi connectivity index (χ3v) is 1.92. The Balaban J connectivity index is 0.000000921. The van der Waals surface area contributed by atoms with Crippen molar-refractivity contribution in [3.63, 3.8) is 0 Å². The van der Waals surface area contributed by atoms with E-state index in [0.717, 1.165) is 12.1 Å². The van der Waals surface area contributed by atoms with Gasteiger partial charge in [-0.2, -0.15) is 5.10 Å². The van der Waals surface area contributed by atoms with Crippen LogP contribution in [0.2, 0.25) is 0 Å². The molecule has 0 radical (unpaired) electrons. The van der Waals surface area contributed by atoms with Gasteiger partial charge in [0.15, 0.2) is 0 Å². The zero-order valence-electron chi connectivity index (χ0n) is 10.5. The first-order valence-corrected chi connectivity index (χ1v) is 5.30. The van der Waals surface area contributed by atoms with Gasteiger partial charge >= 0.3 is 0 Å². The molecule has 1 heterocycles. The van der Waals surface area contributed by atoms with E-state index >= 15 is 0 Å². The number of rotatable bonds is 2. The fourth-order valence-corrected chi connectivity index (χ4v) is 1.13. The molecule has 1 aromatic rings. The maximum absolute atomic E-state index is 11.6. The number of amides is 1. The lowest BCUT2D eigenvalue weighted by molar-refractivity contribution is 0.0817. The molecule has 86 valence electrons. The Bertz CT molecular complexity index is 316. The third-order valence-electron chi connectivity index (χ3n) is 1.92. The predicted molar refractivity (Wildman–Crippen MR) is 62.0 cm³/mol. The van der Waals surface area contributed by atoms with Crippen molar-refractivity contribution in [1.82, 2.24) is 14.7 Å². The molecule has 4 nitrogen and oxygen atoms in total. The zero-order chi connectivity index (χ0) is 12.0. The summed E-state index contributed by atoms with van der Waals surface area (Å²) in [7, 11) is 5.26. The lowest BCUT2D eigenvalue weighted by Crippen LogP contribution is -2.24. The van der Waals surface area contributed by atoms with Gasteiger partial charge < -0.3 is 4.90 Å². The number of aromatic nitrogens is 2. The van der Waals surface area contributed by atoms with Crippen LogP contribution in [0.5, 0.6) is 0 Å². The summed E-state index contributed by atoms with van der Waals surface area (Å²) in [5.74, 6) is -0.00491. The summed E-state index contributed by atoms with van der Waals surface area (Å²) in [6.45, 7) is 6.02. The van der Waals surface area contributed by atoms with E-state index in [0.29, 0.717) is 5.69 Å². The van der Waals surface area contributed by atoms with Gasteiger partial charge in [0.2, 0.25) is 0 Å². The second-order valence-electron chi connectivity index (χ2n) is 3.20. The molecule has 0 aliphatic heterocycles. The molecule has 15 heavy (non-hydrogen) atoms. The van der Waals surface area contributed by atoms with E-state index in [1.807, 2.05) is 26.8 Å². The molecule has 0 saturated carbocycles. The summed E-state index contributed by atoms with van der Waals surface area (Å²) in [4.78, 5) is 13.1. The summed E-state index contributed by atoms with van der Waals surface area (Å²) in [5, 5.41) is 4.20. The Morgan fingerprint density at radius 2 is 2.00 bits per heavy atom. The fraction of sp³-hybridized carbons (Fsp3) is 0.636. The van der Waals surface area contributed by atoms with Crippen LogP contribution in [0.1, 0.15) is 37.0 Å². The maximum Gasteiger partial charge on any atom is 0.271 e. The first-order chi connectivity index (χ1) is 7.06. The molecular weight excluding hydrogens is 190 g/mol. The molecule has 1 rings (SSSR count). The average Bonchev–Trinajstić information content (AvgIpc) is 2.61. The molecule has 0 N–H and O–H groups in total. The van der Waals surface area contributed by atoms with Gasteiger partial charge in [0.25, 0.3) is 5.91 Å². The van der Waals surface area contributed by atoms with Crippen molar-refractivity contribution in [2.75, 3.05) is 14.1 Å². The minimum Gasteiger partial charge on any atom is -0.343 e. The lowest BCUT2D eigenvalue weighted by atomic mass is 10.3. The van der Waals surface area contributed by atoms with Crippen LogP contribution in [0.4, 0.5) is 0 Å². The van der Waals surface area contributed by atoms with Crippen LogP contribution in [0, 0.1) is 0 Å². The molecule has 0 aromatic carbocycles. The monoisotopic (exact) mass is 211 g/mol. The normalized spacial score (nSPS) is 9.20. The Morgan fingerprint density at radius 3 is 2.33 bits per heavy atom. The van der Waals surface area contributed by atoms with Crippen LogP contribution >= 0.6 is 0 Å². The van der Waals surface area contributed by atoms with Gasteiger partial charge in [0, 0.05) is 21.1 Å². The Kier molecular flexibility index (Phi) is 5.67. The summed E-state index contributed by atoms with van der Waals surface area (Å²) < 4.78 is 1.63. The molecule has 0 saturated heterocycles. The van der Waals surface area contributed by atoms with Gasteiger partial charge in [-0.15, -0.1) is 0 Å². The highest BCUT2D eigenvalue weighted by molar-refractivity contribution is 5.92. The molecule has 1 aromatic heterocycles. The van der Waals surface area contributed by atoms with Gasteiger partial charge in [-0.25, -0.2) is 0 Å². The molecular formula is C11H21N3O. The highest BCUT2D eigenvalue weighted by atomic mass is 16.2.